The summed E-state index contributed by atoms with van der Waals surface area (Å²) in [4.78, 5) is 14.0. The zero-order valence-electron chi connectivity index (χ0n) is 11.5. The van der Waals surface area contributed by atoms with E-state index in [4.69, 9.17) is 0 Å². The predicted molar refractivity (Wildman–Crippen MR) is 79.9 cm³/mol. The van der Waals surface area contributed by atoms with E-state index in [1.165, 1.54) is 0 Å². The first-order valence-electron chi connectivity index (χ1n) is 6.31. The van der Waals surface area contributed by atoms with Gasteiger partial charge in [0.1, 0.15) is 6.04 Å². The first-order valence-corrected chi connectivity index (χ1v) is 7.10. The molecule has 0 aliphatic heterocycles. The molecular formula is C14H21BrN2O. The number of rotatable bonds is 5. The van der Waals surface area contributed by atoms with Crippen LogP contribution in [-0.2, 0) is 4.79 Å². The number of carbonyl (C=O) groups is 1. The Kier molecular flexibility index (Phi) is 5.66. The lowest BCUT2D eigenvalue weighted by Gasteiger charge is -2.24. The van der Waals surface area contributed by atoms with E-state index in [1.807, 2.05) is 50.8 Å². The maximum absolute atomic E-state index is 12.1. The van der Waals surface area contributed by atoms with Gasteiger partial charge in [0, 0.05) is 23.2 Å². The van der Waals surface area contributed by atoms with E-state index in [0.29, 0.717) is 0 Å². The number of anilines is 1. The molecule has 1 aromatic rings. The van der Waals surface area contributed by atoms with Crippen molar-refractivity contribution in [1.82, 2.24) is 4.90 Å². The van der Waals surface area contributed by atoms with Crippen LogP contribution in [0.15, 0.2) is 22.7 Å². The fraction of sp³-hybridized carbons (Fsp3) is 0.500. The monoisotopic (exact) mass is 312 g/mol. The fourth-order valence-corrected chi connectivity index (χ4v) is 2.37. The molecule has 3 nitrogen and oxygen atoms in total. The number of aryl methyl sites for hydroxylation is 1. The van der Waals surface area contributed by atoms with Crippen LogP contribution in [0.25, 0.3) is 0 Å². The summed E-state index contributed by atoms with van der Waals surface area (Å²) in [7, 11) is 0. The number of benzene rings is 1. The normalized spacial score (nSPS) is 12.1. The van der Waals surface area contributed by atoms with Crippen molar-refractivity contribution in [3.63, 3.8) is 0 Å². The third kappa shape index (κ3) is 3.73. The number of hydrogen-bond donors (Lipinski definition) is 1. The van der Waals surface area contributed by atoms with Crippen molar-refractivity contribution in [3.05, 3.63) is 28.2 Å². The van der Waals surface area contributed by atoms with Crippen LogP contribution < -0.4 is 5.32 Å². The summed E-state index contributed by atoms with van der Waals surface area (Å²) >= 11 is 3.43. The van der Waals surface area contributed by atoms with Gasteiger partial charge in [-0.15, -0.1) is 0 Å². The summed E-state index contributed by atoms with van der Waals surface area (Å²) in [6.45, 7) is 9.43. The highest BCUT2D eigenvalue weighted by Gasteiger charge is 2.18. The Morgan fingerprint density at radius 3 is 2.50 bits per heavy atom. The van der Waals surface area contributed by atoms with Gasteiger partial charge in [0.25, 0.3) is 0 Å². The molecule has 18 heavy (non-hydrogen) atoms. The molecule has 0 saturated carbocycles. The Bertz CT molecular complexity index is 416. The smallest absolute Gasteiger partial charge is 0.244 e. The lowest BCUT2D eigenvalue weighted by atomic mass is 10.1. The predicted octanol–water partition coefficient (Wildman–Crippen LogP) is 3.43. The minimum absolute atomic E-state index is 0.141. The van der Waals surface area contributed by atoms with Crippen molar-refractivity contribution in [2.24, 2.45) is 0 Å². The summed E-state index contributed by atoms with van der Waals surface area (Å²) in [5, 5.41) is 3.27. The van der Waals surface area contributed by atoms with Gasteiger partial charge in [0.2, 0.25) is 5.91 Å². The van der Waals surface area contributed by atoms with Crippen LogP contribution in [0, 0.1) is 6.92 Å². The van der Waals surface area contributed by atoms with E-state index >= 15 is 0 Å². The summed E-state index contributed by atoms with van der Waals surface area (Å²) in [5.74, 6) is 0.141. The molecule has 0 aliphatic carbocycles. The Morgan fingerprint density at radius 1 is 1.39 bits per heavy atom. The van der Waals surface area contributed by atoms with Crippen LogP contribution in [-0.4, -0.2) is 29.9 Å². The van der Waals surface area contributed by atoms with Gasteiger partial charge in [-0.1, -0.05) is 15.9 Å². The Hall–Kier alpha value is -1.03. The van der Waals surface area contributed by atoms with E-state index in [-0.39, 0.29) is 11.9 Å². The van der Waals surface area contributed by atoms with E-state index < -0.39 is 0 Å². The Balaban J connectivity index is 2.75. The van der Waals surface area contributed by atoms with E-state index in [9.17, 15) is 4.79 Å². The first kappa shape index (κ1) is 15.0. The summed E-state index contributed by atoms with van der Waals surface area (Å²) in [6.07, 6.45) is 0. The van der Waals surface area contributed by atoms with Crippen LogP contribution in [0.2, 0.25) is 0 Å². The molecule has 1 amide bonds. The van der Waals surface area contributed by atoms with Crippen LogP contribution in [0.1, 0.15) is 26.3 Å². The number of nitrogens with zero attached hydrogens (tertiary/aromatic N) is 1. The van der Waals surface area contributed by atoms with E-state index in [1.54, 1.807) is 0 Å². The minimum atomic E-state index is -0.204. The van der Waals surface area contributed by atoms with Crippen molar-refractivity contribution in [3.8, 4) is 0 Å². The lowest BCUT2D eigenvalue weighted by molar-refractivity contribution is -0.131. The molecule has 4 heteroatoms. The van der Waals surface area contributed by atoms with Gasteiger partial charge in [-0.3, -0.25) is 4.79 Å². The van der Waals surface area contributed by atoms with Crippen molar-refractivity contribution < 1.29 is 4.79 Å². The quantitative estimate of drug-likeness (QED) is 0.903. The van der Waals surface area contributed by atoms with Crippen molar-refractivity contribution in [2.75, 3.05) is 18.4 Å². The summed E-state index contributed by atoms with van der Waals surface area (Å²) in [6, 6.07) is 5.80. The van der Waals surface area contributed by atoms with Gasteiger partial charge in [0.05, 0.1) is 0 Å². The second-order valence-corrected chi connectivity index (χ2v) is 5.25. The maximum Gasteiger partial charge on any atom is 0.244 e. The van der Waals surface area contributed by atoms with E-state index in [2.05, 4.69) is 21.2 Å². The SMILES string of the molecule is CCN(CC)C(=O)C(C)Nc1ccc(Br)cc1C. The molecule has 0 bridgehead atoms. The largest absolute Gasteiger partial charge is 0.374 e. The average molecular weight is 313 g/mol. The Morgan fingerprint density at radius 2 is 2.00 bits per heavy atom. The molecule has 0 fully saturated rings. The fourth-order valence-electron chi connectivity index (χ4n) is 1.89. The number of amides is 1. The second-order valence-electron chi connectivity index (χ2n) is 4.34. The molecule has 0 radical (unpaired) electrons. The zero-order chi connectivity index (χ0) is 13.7. The first-order chi connectivity index (χ1) is 8.49. The molecule has 1 aromatic carbocycles. The molecule has 100 valence electrons. The van der Waals surface area contributed by atoms with Crippen LogP contribution in [0.5, 0.6) is 0 Å². The number of halogens is 1. The number of nitrogens with one attached hydrogen (secondary N) is 1. The molecule has 1 unspecified atom stereocenters. The number of likely N-dealkylation sites (N-methyl/N-ethyl adjacent to an activating group) is 1. The molecule has 1 N–H and O–H groups in total. The highest BCUT2D eigenvalue weighted by atomic mass is 79.9. The van der Waals surface area contributed by atoms with Crippen molar-refractivity contribution in [1.29, 1.82) is 0 Å². The summed E-state index contributed by atoms with van der Waals surface area (Å²) < 4.78 is 1.05. The molecule has 0 spiro atoms. The highest BCUT2D eigenvalue weighted by molar-refractivity contribution is 9.10. The number of hydrogen-bond acceptors (Lipinski definition) is 2. The molecule has 1 atom stereocenters. The molecule has 0 aromatic heterocycles. The van der Waals surface area contributed by atoms with Crippen LogP contribution in [0.3, 0.4) is 0 Å². The van der Waals surface area contributed by atoms with Gasteiger partial charge in [-0.05, 0) is 51.5 Å². The third-order valence-electron chi connectivity index (χ3n) is 3.01. The molecular weight excluding hydrogens is 292 g/mol. The highest BCUT2D eigenvalue weighted by Crippen LogP contribution is 2.20. The van der Waals surface area contributed by atoms with Gasteiger partial charge < -0.3 is 10.2 Å². The topological polar surface area (TPSA) is 32.3 Å². The molecule has 0 heterocycles. The van der Waals surface area contributed by atoms with Gasteiger partial charge >= 0.3 is 0 Å². The zero-order valence-corrected chi connectivity index (χ0v) is 13.0. The van der Waals surface area contributed by atoms with E-state index in [0.717, 1.165) is 28.8 Å². The summed E-state index contributed by atoms with van der Waals surface area (Å²) in [5.41, 5.74) is 2.13. The molecule has 0 saturated heterocycles. The Labute approximate surface area is 118 Å². The standard InChI is InChI=1S/C14H21BrN2O/c1-5-17(6-2)14(18)11(4)16-13-8-7-12(15)9-10(13)3/h7-9,11,16H,5-6H2,1-4H3. The third-order valence-corrected chi connectivity index (χ3v) is 3.50. The van der Waals surface area contributed by atoms with Gasteiger partial charge in [0.15, 0.2) is 0 Å². The number of carbonyl (C=O) groups excluding carboxylic acids is 1. The lowest BCUT2D eigenvalue weighted by Crippen LogP contribution is -2.41. The molecule has 0 aliphatic rings. The van der Waals surface area contributed by atoms with Crippen molar-refractivity contribution in [2.45, 2.75) is 33.7 Å². The average Bonchev–Trinajstić information content (AvgIpc) is 2.34. The van der Waals surface area contributed by atoms with Crippen molar-refractivity contribution >= 4 is 27.5 Å². The molecule has 1 rings (SSSR count). The minimum Gasteiger partial charge on any atom is -0.374 e. The van der Waals surface area contributed by atoms with Crippen LogP contribution >= 0.6 is 15.9 Å². The van der Waals surface area contributed by atoms with Gasteiger partial charge in [-0.25, -0.2) is 0 Å². The van der Waals surface area contributed by atoms with Gasteiger partial charge in [-0.2, -0.15) is 0 Å². The van der Waals surface area contributed by atoms with Crippen LogP contribution in [0.4, 0.5) is 5.69 Å². The maximum atomic E-state index is 12.1. The second kappa shape index (κ2) is 6.78.